The van der Waals surface area contributed by atoms with E-state index in [2.05, 4.69) is 30.3 Å². The Labute approximate surface area is 89.7 Å². The molecule has 1 heterocycles. The molecule has 0 aliphatic heterocycles. The molecule has 14 heavy (non-hydrogen) atoms. The monoisotopic (exact) mass is 210 g/mol. The van der Waals surface area contributed by atoms with Crippen molar-refractivity contribution in [2.24, 2.45) is 5.73 Å². The zero-order valence-electron chi connectivity index (χ0n) is 8.92. The Hall–Kier alpha value is -0.380. The molecule has 1 fully saturated rings. The van der Waals surface area contributed by atoms with E-state index in [1.54, 1.807) is 0 Å². The summed E-state index contributed by atoms with van der Waals surface area (Å²) >= 11 is 1.84. The van der Waals surface area contributed by atoms with Gasteiger partial charge in [-0.25, -0.2) is 0 Å². The predicted molar refractivity (Wildman–Crippen MR) is 61.5 cm³/mol. The lowest BCUT2D eigenvalue weighted by atomic mass is 10.2. The maximum Gasteiger partial charge on any atom is 0.0328 e. The van der Waals surface area contributed by atoms with Crippen molar-refractivity contribution < 1.29 is 0 Å². The average Bonchev–Trinajstić information content (AvgIpc) is 2.67. The third-order valence-electron chi connectivity index (χ3n) is 2.86. The van der Waals surface area contributed by atoms with Gasteiger partial charge in [0, 0.05) is 23.5 Å². The highest BCUT2D eigenvalue weighted by molar-refractivity contribution is 7.10. The van der Waals surface area contributed by atoms with Crippen molar-refractivity contribution in [3.05, 3.63) is 21.9 Å². The molecule has 2 nitrogen and oxygen atoms in total. The minimum atomic E-state index is 0.139. The number of rotatable bonds is 4. The summed E-state index contributed by atoms with van der Waals surface area (Å²) in [6, 6.07) is 2.18. The van der Waals surface area contributed by atoms with E-state index in [-0.39, 0.29) is 5.54 Å². The molecule has 1 aromatic heterocycles. The fourth-order valence-corrected chi connectivity index (χ4v) is 2.71. The Kier molecular flexibility index (Phi) is 2.64. The lowest BCUT2D eigenvalue weighted by Gasteiger charge is -2.20. The van der Waals surface area contributed by atoms with Crippen molar-refractivity contribution in [3.8, 4) is 0 Å². The maximum atomic E-state index is 6.08. The number of likely N-dealkylation sites (N-methyl/N-ethyl adjacent to an activating group) is 1. The van der Waals surface area contributed by atoms with Crippen LogP contribution in [0.1, 0.15) is 23.3 Å². The molecule has 0 saturated heterocycles. The Balaban J connectivity index is 1.88. The molecule has 2 N–H and O–H groups in total. The summed E-state index contributed by atoms with van der Waals surface area (Å²) in [5.74, 6) is 0. The van der Waals surface area contributed by atoms with Crippen molar-refractivity contribution in [1.82, 2.24) is 4.90 Å². The molecule has 1 saturated carbocycles. The van der Waals surface area contributed by atoms with Gasteiger partial charge in [0.1, 0.15) is 0 Å². The van der Waals surface area contributed by atoms with Crippen molar-refractivity contribution in [3.63, 3.8) is 0 Å². The second kappa shape index (κ2) is 3.65. The average molecular weight is 210 g/mol. The minimum Gasteiger partial charge on any atom is -0.324 e. The highest BCUT2D eigenvalue weighted by atomic mass is 32.1. The fraction of sp³-hybridized carbons (Fsp3) is 0.636. The van der Waals surface area contributed by atoms with E-state index < -0.39 is 0 Å². The van der Waals surface area contributed by atoms with Gasteiger partial charge in [0.05, 0.1) is 0 Å². The van der Waals surface area contributed by atoms with Gasteiger partial charge in [-0.3, -0.25) is 4.90 Å². The van der Waals surface area contributed by atoms with Gasteiger partial charge in [-0.2, -0.15) is 0 Å². The number of hydrogen-bond acceptors (Lipinski definition) is 3. The molecule has 0 spiro atoms. The van der Waals surface area contributed by atoms with Crippen LogP contribution < -0.4 is 5.73 Å². The molecule has 0 bridgehead atoms. The van der Waals surface area contributed by atoms with Crippen LogP contribution in [0.4, 0.5) is 0 Å². The number of nitrogens with two attached hydrogens (primary N) is 1. The molecule has 2 rings (SSSR count). The van der Waals surface area contributed by atoms with E-state index in [9.17, 15) is 0 Å². The molecule has 78 valence electrons. The Morgan fingerprint density at radius 2 is 2.29 bits per heavy atom. The Bertz CT molecular complexity index is 315. The largest absolute Gasteiger partial charge is 0.324 e. The summed E-state index contributed by atoms with van der Waals surface area (Å²) in [7, 11) is 2.16. The van der Waals surface area contributed by atoms with E-state index in [0.29, 0.717) is 0 Å². The standard InChI is InChI=1S/C11H18N2S/c1-9-3-6-14-10(9)7-13(2)8-11(12)4-5-11/h3,6H,4-5,7-8,12H2,1-2H3. The first-order valence-electron chi connectivity index (χ1n) is 5.09. The lowest BCUT2D eigenvalue weighted by Crippen LogP contribution is -2.36. The van der Waals surface area contributed by atoms with Crippen LogP contribution in [-0.4, -0.2) is 24.0 Å². The van der Waals surface area contributed by atoms with Gasteiger partial charge in [0.25, 0.3) is 0 Å². The summed E-state index contributed by atoms with van der Waals surface area (Å²) in [5, 5.41) is 2.16. The molecule has 0 unspecified atom stereocenters. The van der Waals surface area contributed by atoms with Crippen LogP contribution in [0.25, 0.3) is 0 Å². The van der Waals surface area contributed by atoms with Crippen LogP contribution in [0.2, 0.25) is 0 Å². The Morgan fingerprint density at radius 3 is 2.79 bits per heavy atom. The third-order valence-corrected chi connectivity index (χ3v) is 3.87. The first-order chi connectivity index (χ1) is 6.59. The van der Waals surface area contributed by atoms with E-state index >= 15 is 0 Å². The number of nitrogens with zero attached hydrogens (tertiary/aromatic N) is 1. The normalized spacial score (nSPS) is 18.9. The number of hydrogen-bond donors (Lipinski definition) is 1. The first-order valence-corrected chi connectivity index (χ1v) is 5.97. The molecule has 3 heteroatoms. The van der Waals surface area contributed by atoms with Gasteiger partial charge >= 0.3 is 0 Å². The van der Waals surface area contributed by atoms with Crippen LogP contribution in [0.3, 0.4) is 0 Å². The lowest BCUT2D eigenvalue weighted by molar-refractivity contribution is 0.297. The predicted octanol–water partition coefficient (Wildman–Crippen LogP) is 1.98. The summed E-state index contributed by atoms with van der Waals surface area (Å²) < 4.78 is 0. The van der Waals surface area contributed by atoms with Crippen LogP contribution in [-0.2, 0) is 6.54 Å². The van der Waals surface area contributed by atoms with Crippen molar-refractivity contribution in [1.29, 1.82) is 0 Å². The summed E-state index contributed by atoms with van der Waals surface area (Å²) in [6.07, 6.45) is 2.39. The smallest absolute Gasteiger partial charge is 0.0328 e. The van der Waals surface area contributed by atoms with Gasteiger partial charge in [-0.1, -0.05) is 0 Å². The summed E-state index contributed by atoms with van der Waals surface area (Å²) in [5.41, 5.74) is 7.62. The quantitative estimate of drug-likeness (QED) is 0.823. The van der Waals surface area contributed by atoms with Crippen LogP contribution in [0, 0.1) is 6.92 Å². The minimum absolute atomic E-state index is 0.139. The molecule has 1 aliphatic rings. The molecule has 1 aliphatic carbocycles. The topological polar surface area (TPSA) is 29.3 Å². The third kappa shape index (κ3) is 2.35. The van der Waals surface area contributed by atoms with Gasteiger partial charge in [-0.15, -0.1) is 11.3 Å². The van der Waals surface area contributed by atoms with Gasteiger partial charge < -0.3 is 5.73 Å². The van der Waals surface area contributed by atoms with Crippen LogP contribution in [0.5, 0.6) is 0 Å². The molecular weight excluding hydrogens is 192 g/mol. The van der Waals surface area contributed by atoms with Crippen LogP contribution in [0.15, 0.2) is 11.4 Å². The van der Waals surface area contributed by atoms with Crippen molar-refractivity contribution in [2.75, 3.05) is 13.6 Å². The first kappa shape index (κ1) is 10.1. The summed E-state index contributed by atoms with van der Waals surface area (Å²) in [4.78, 5) is 3.81. The molecule has 1 aromatic rings. The van der Waals surface area contributed by atoms with E-state index in [1.165, 1.54) is 23.3 Å². The molecule has 0 atom stereocenters. The zero-order valence-corrected chi connectivity index (χ0v) is 9.73. The van der Waals surface area contributed by atoms with Gasteiger partial charge in [-0.05, 0) is 43.8 Å². The van der Waals surface area contributed by atoms with Crippen molar-refractivity contribution in [2.45, 2.75) is 31.8 Å². The van der Waals surface area contributed by atoms with Gasteiger partial charge in [0.2, 0.25) is 0 Å². The van der Waals surface area contributed by atoms with E-state index in [4.69, 9.17) is 5.73 Å². The maximum absolute atomic E-state index is 6.08. The number of thiophene rings is 1. The van der Waals surface area contributed by atoms with E-state index in [0.717, 1.165) is 13.1 Å². The highest BCUT2D eigenvalue weighted by Crippen LogP contribution is 2.33. The Morgan fingerprint density at radius 1 is 1.57 bits per heavy atom. The fourth-order valence-electron chi connectivity index (χ4n) is 1.72. The second-order valence-electron chi connectivity index (χ2n) is 4.56. The van der Waals surface area contributed by atoms with Crippen molar-refractivity contribution >= 4 is 11.3 Å². The zero-order chi connectivity index (χ0) is 10.2. The summed E-state index contributed by atoms with van der Waals surface area (Å²) in [6.45, 7) is 4.25. The van der Waals surface area contributed by atoms with Gasteiger partial charge in [0.15, 0.2) is 0 Å². The SMILES string of the molecule is Cc1ccsc1CN(C)CC1(N)CC1. The second-order valence-corrected chi connectivity index (χ2v) is 5.56. The molecule has 0 radical (unpaired) electrons. The molecule has 0 aromatic carbocycles. The van der Waals surface area contributed by atoms with E-state index in [1.807, 2.05) is 11.3 Å². The molecular formula is C11H18N2S. The van der Waals surface area contributed by atoms with Crippen LogP contribution >= 0.6 is 11.3 Å². The highest BCUT2D eigenvalue weighted by Gasteiger charge is 2.38. The molecule has 0 amide bonds. The number of aryl methyl sites for hydroxylation is 1.